The van der Waals surface area contributed by atoms with Crippen molar-refractivity contribution in [1.82, 2.24) is 4.98 Å². The molecule has 0 radical (unpaired) electrons. The minimum absolute atomic E-state index is 0.263. The number of hydrogen-bond acceptors (Lipinski definition) is 3. The molecule has 2 aromatic carbocycles. The molecule has 0 aliphatic heterocycles. The van der Waals surface area contributed by atoms with Crippen molar-refractivity contribution in [2.75, 3.05) is 5.32 Å². The minimum atomic E-state index is -0.263. The van der Waals surface area contributed by atoms with Gasteiger partial charge in [0.2, 0.25) is 0 Å². The number of benzene rings is 2. The van der Waals surface area contributed by atoms with Crippen molar-refractivity contribution >= 4 is 48.3 Å². The van der Waals surface area contributed by atoms with Crippen LogP contribution < -0.4 is 5.32 Å². The molecule has 3 rings (SSSR count). The molecule has 5 heteroatoms. The molecule has 0 aliphatic rings. The molecular formula is C14H10BrFN2S. The van der Waals surface area contributed by atoms with Gasteiger partial charge in [0.1, 0.15) is 5.82 Å². The van der Waals surface area contributed by atoms with Crippen molar-refractivity contribution in [3.05, 3.63) is 52.3 Å². The highest BCUT2D eigenvalue weighted by Gasteiger charge is 2.07. The topological polar surface area (TPSA) is 24.9 Å². The number of halogens is 2. The molecule has 1 N–H and O–H groups in total. The van der Waals surface area contributed by atoms with Crippen LogP contribution in [0.1, 0.15) is 5.56 Å². The summed E-state index contributed by atoms with van der Waals surface area (Å²) in [7, 11) is 0. The fourth-order valence-electron chi connectivity index (χ4n) is 1.79. The Morgan fingerprint density at radius 1 is 1.21 bits per heavy atom. The zero-order valence-electron chi connectivity index (χ0n) is 10.1. The summed E-state index contributed by atoms with van der Waals surface area (Å²) >= 11 is 5.02. The molecule has 2 nitrogen and oxygen atoms in total. The zero-order valence-corrected chi connectivity index (χ0v) is 12.5. The number of hydrogen-bond donors (Lipinski definition) is 1. The summed E-state index contributed by atoms with van der Waals surface area (Å²) in [4.78, 5) is 4.38. The largest absolute Gasteiger partial charge is 0.331 e. The van der Waals surface area contributed by atoms with Gasteiger partial charge in [0.15, 0.2) is 5.13 Å². The number of nitrogens with one attached hydrogen (secondary N) is 1. The van der Waals surface area contributed by atoms with Crippen LogP contribution in [-0.4, -0.2) is 4.98 Å². The molecule has 3 aromatic rings. The lowest BCUT2D eigenvalue weighted by molar-refractivity contribution is 0.629. The van der Waals surface area contributed by atoms with Crippen LogP contribution >= 0.6 is 27.3 Å². The standard InChI is InChI=1S/C14H10BrFN2S/c1-8-2-4-11(10(15)6-8)17-14-18-12-7-9(16)3-5-13(12)19-14/h2-7H,1H3,(H,17,18). The smallest absolute Gasteiger partial charge is 0.188 e. The molecule has 0 aliphatic carbocycles. The summed E-state index contributed by atoms with van der Waals surface area (Å²) in [5, 5.41) is 4.00. The molecule has 0 spiro atoms. The third kappa shape index (κ3) is 2.62. The molecule has 1 aromatic heterocycles. The fourth-order valence-corrected chi connectivity index (χ4v) is 3.24. The van der Waals surface area contributed by atoms with E-state index in [1.807, 2.05) is 25.1 Å². The monoisotopic (exact) mass is 336 g/mol. The van der Waals surface area contributed by atoms with Crippen LogP contribution in [0.3, 0.4) is 0 Å². The second kappa shape index (κ2) is 4.90. The van der Waals surface area contributed by atoms with Crippen LogP contribution in [0.15, 0.2) is 40.9 Å². The van der Waals surface area contributed by atoms with Crippen molar-refractivity contribution in [2.45, 2.75) is 6.92 Å². The van der Waals surface area contributed by atoms with Crippen LogP contribution in [0, 0.1) is 12.7 Å². The highest BCUT2D eigenvalue weighted by molar-refractivity contribution is 9.10. The minimum Gasteiger partial charge on any atom is -0.331 e. The maximum atomic E-state index is 13.1. The van der Waals surface area contributed by atoms with Gasteiger partial charge < -0.3 is 5.32 Å². The first kappa shape index (κ1) is 12.6. The van der Waals surface area contributed by atoms with Crippen molar-refractivity contribution in [3.63, 3.8) is 0 Å². The molecule has 0 saturated carbocycles. The van der Waals surface area contributed by atoms with Gasteiger partial charge in [0.05, 0.1) is 15.9 Å². The molecule has 0 amide bonds. The molecule has 1 heterocycles. The van der Waals surface area contributed by atoms with Crippen molar-refractivity contribution in [2.24, 2.45) is 0 Å². The molecule has 0 atom stereocenters. The maximum Gasteiger partial charge on any atom is 0.188 e. The van der Waals surface area contributed by atoms with Gasteiger partial charge in [-0.25, -0.2) is 9.37 Å². The summed E-state index contributed by atoms with van der Waals surface area (Å²) < 4.78 is 15.1. The van der Waals surface area contributed by atoms with Crippen LogP contribution in [0.5, 0.6) is 0 Å². The predicted octanol–water partition coefficient (Wildman–Crippen LogP) is 5.25. The normalized spacial score (nSPS) is 10.9. The van der Waals surface area contributed by atoms with E-state index in [1.165, 1.54) is 29.0 Å². The maximum absolute atomic E-state index is 13.1. The Kier molecular flexibility index (Phi) is 3.24. The Morgan fingerprint density at radius 3 is 2.84 bits per heavy atom. The first-order valence-electron chi connectivity index (χ1n) is 5.71. The first-order valence-corrected chi connectivity index (χ1v) is 7.32. The van der Waals surface area contributed by atoms with E-state index in [-0.39, 0.29) is 5.82 Å². The third-order valence-electron chi connectivity index (χ3n) is 2.72. The predicted molar refractivity (Wildman–Crippen MR) is 81.7 cm³/mol. The number of aromatic nitrogens is 1. The lowest BCUT2D eigenvalue weighted by Crippen LogP contribution is -1.90. The van der Waals surface area contributed by atoms with E-state index in [4.69, 9.17) is 0 Å². The van der Waals surface area contributed by atoms with Gasteiger partial charge in [-0.05, 0) is 52.7 Å². The van der Waals surface area contributed by atoms with E-state index < -0.39 is 0 Å². The number of aryl methyl sites for hydroxylation is 1. The van der Waals surface area contributed by atoms with E-state index in [0.29, 0.717) is 5.52 Å². The van der Waals surface area contributed by atoms with Gasteiger partial charge in [-0.15, -0.1) is 0 Å². The molecule has 0 unspecified atom stereocenters. The molecule has 0 fully saturated rings. The highest BCUT2D eigenvalue weighted by Crippen LogP contribution is 2.31. The third-order valence-corrected chi connectivity index (χ3v) is 4.32. The van der Waals surface area contributed by atoms with Crippen molar-refractivity contribution in [3.8, 4) is 0 Å². The average Bonchev–Trinajstić information content (AvgIpc) is 2.74. The number of anilines is 2. The van der Waals surface area contributed by atoms with E-state index in [9.17, 15) is 4.39 Å². The van der Waals surface area contributed by atoms with Gasteiger partial charge in [0, 0.05) is 10.5 Å². The van der Waals surface area contributed by atoms with Crippen molar-refractivity contribution in [1.29, 1.82) is 0 Å². The lowest BCUT2D eigenvalue weighted by Gasteiger charge is -2.05. The van der Waals surface area contributed by atoms with E-state index in [1.54, 1.807) is 6.07 Å². The number of rotatable bonds is 2. The molecule has 0 saturated heterocycles. The summed E-state index contributed by atoms with van der Waals surface area (Å²) in [6.45, 7) is 2.04. The zero-order chi connectivity index (χ0) is 13.4. The number of nitrogens with zero attached hydrogens (tertiary/aromatic N) is 1. The van der Waals surface area contributed by atoms with Gasteiger partial charge in [0.25, 0.3) is 0 Å². The lowest BCUT2D eigenvalue weighted by atomic mass is 10.2. The van der Waals surface area contributed by atoms with E-state index >= 15 is 0 Å². The Balaban J connectivity index is 1.96. The van der Waals surface area contributed by atoms with Crippen LogP contribution in [0.2, 0.25) is 0 Å². The second-order valence-corrected chi connectivity index (χ2v) is 6.12. The summed E-state index contributed by atoms with van der Waals surface area (Å²) in [5.74, 6) is -0.263. The second-order valence-electron chi connectivity index (χ2n) is 4.24. The Morgan fingerprint density at radius 2 is 2.05 bits per heavy atom. The highest BCUT2D eigenvalue weighted by atomic mass is 79.9. The quantitative estimate of drug-likeness (QED) is 0.691. The van der Waals surface area contributed by atoms with Crippen LogP contribution in [0.4, 0.5) is 15.2 Å². The number of thiazole rings is 1. The van der Waals surface area contributed by atoms with E-state index in [0.717, 1.165) is 20.0 Å². The van der Waals surface area contributed by atoms with Crippen LogP contribution in [-0.2, 0) is 0 Å². The van der Waals surface area contributed by atoms with Gasteiger partial charge >= 0.3 is 0 Å². The summed E-state index contributed by atoms with van der Waals surface area (Å²) in [5.41, 5.74) is 2.81. The molecular weight excluding hydrogens is 327 g/mol. The van der Waals surface area contributed by atoms with Gasteiger partial charge in [-0.2, -0.15) is 0 Å². The summed E-state index contributed by atoms with van der Waals surface area (Å²) in [6.07, 6.45) is 0. The SMILES string of the molecule is Cc1ccc(Nc2nc3cc(F)ccc3s2)c(Br)c1. The molecule has 19 heavy (non-hydrogen) atoms. The van der Waals surface area contributed by atoms with E-state index in [2.05, 4.69) is 26.2 Å². The average molecular weight is 337 g/mol. The van der Waals surface area contributed by atoms with Gasteiger partial charge in [-0.1, -0.05) is 17.4 Å². The molecule has 96 valence electrons. The first-order chi connectivity index (χ1) is 9.11. The van der Waals surface area contributed by atoms with Crippen molar-refractivity contribution < 1.29 is 4.39 Å². The molecule has 0 bridgehead atoms. The Labute approximate surface area is 122 Å². The van der Waals surface area contributed by atoms with Crippen LogP contribution in [0.25, 0.3) is 10.2 Å². The van der Waals surface area contributed by atoms with Gasteiger partial charge in [-0.3, -0.25) is 0 Å². The Bertz CT molecular complexity index is 754. The fraction of sp³-hybridized carbons (Fsp3) is 0.0714. The Hall–Kier alpha value is -1.46. The number of fused-ring (bicyclic) bond motifs is 1. The summed E-state index contributed by atoms with van der Waals surface area (Å²) in [6, 6.07) is 10.7.